The van der Waals surface area contributed by atoms with Gasteiger partial charge in [0.05, 0.1) is 17.7 Å². The van der Waals surface area contributed by atoms with Crippen LogP contribution in [0.3, 0.4) is 0 Å². The number of rotatable bonds is 8. The third kappa shape index (κ3) is 5.37. The number of carbonyl (C=O) groups excluding carboxylic acids is 1. The highest BCUT2D eigenvalue weighted by Gasteiger charge is 2.15. The Morgan fingerprint density at radius 1 is 1.18 bits per heavy atom. The fraction of sp³-hybridized carbons (Fsp3) is 0.273. The lowest BCUT2D eigenvalue weighted by Crippen LogP contribution is -2.14. The van der Waals surface area contributed by atoms with Gasteiger partial charge in [0, 0.05) is 5.69 Å². The fourth-order valence-corrected chi connectivity index (χ4v) is 3.25. The number of halogens is 1. The lowest BCUT2D eigenvalue weighted by atomic mass is 10.1. The summed E-state index contributed by atoms with van der Waals surface area (Å²) < 4.78 is 12.0. The summed E-state index contributed by atoms with van der Waals surface area (Å²) in [7, 11) is 0. The molecular formula is C22H23BrN2O3. The number of anilines is 1. The number of benzene rings is 2. The highest BCUT2D eigenvalue weighted by atomic mass is 79.9. The predicted octanol–water partition coefficient (Wildman–Crippen LogP) is 5.35. The molecule has 0 aliphatic heterocycles. The zero-order valence-corrected chi connectivity index (χ0v) is 17.8. The van der Waals surface area contributed by atoms with Crippen molar-refractivity contribution in [1.29, 1.82) is 5.26 Å². The minimum atomic E-state index is -0.452. The van der Waals surface area contributed by atoms with Crippen molar-refractivity contribution in [2.24, 2.45) is 0 Å². The largest absolute Gasteiger partial charge is 0.490 e. The van der Waals surface area contributed by atoms with E-state index in [0.717, 1.165) is 12.0 Å². The number of hydrogen-bond donors (Lipinski definition) is 1. The molecule has 0 radical (unpaired) electrons. The summed E-state index contributed by atoms with van der Waals surface area (Å²) in [6.45, 7) is 6.75. The van der Waals surface area contributed by atoms with E-state index < -0.39 is 5.91 Å². The van der Waals surface area contributed by atoms with Gasteiger partial charge in [0.25, 0.3) is 5.91 Å². The summed E-state index contributed by atoms with van der Waals surface area (Å²) in [5, 5.41) is 12.3. The number of nitrogens with one attached hydrogen (secondary N) is 1. The van der Waals surface area contributed by atoms with Crippen LogP contribution in [0.25, 0.3) is 6.08 Å². The van der Waals surface area contributed by atoms with E-state index in [1.165, 1.54) is 6.08 Å². The molecule has 0 saturated heterocycles. The Hall–Kier alpha value is -2.78. The normalized spacial score (nSPS) is 10.9. The second-order valence-corrected chi connectivity index (χ2v) is 6.68. The van der Waals surface area contributed by atoms with Crippen LogP contribution in [-0.2, 0) is 11.2 Å². The van der Waals surface area contributed by atoms with Crippen LogP contribution in [0.4, 0.5) is 5.69 Å². The molecule has 1 amide bonds. The molecule has 0 unspecified atom stereocenters. The van der Waals surface area contributed by atoms with Gasteiger partial charge >= 0.3 is 0 Å². The maximum Gasteiger partial charge on any atom is 0.266 e. The molecule has 0 heterocycles. The molecule has 146 valence electrons. The Morgan fingerprint density at radius 2 is 1.89 bits per heavy atom. The second kappa shape index (κ2) is 10.5. The average Bonchev–Trinajstić information content (AvgIpc) is 2.69. The van der Waals surface area contributed by atoms with Crippen LogP contribution in [-0.4, -0.2) is 19.1 Å². The molecule has 6 heteroatoms. The van der Waals surface area contributed by atoms with E-state index >= 15 is 0 Å². The van der Waals surface area contributed by atoms with E-state index in [-0.39, 0.29) is 5.57 Å². The number of aryl methyl sites for hydroxylation is 1. The summed E-state index contributed by atoms with van der Waals surface area (Å²) in [5.41, 5.74) is 2.38. The van der Waals surface area contributed by atoms with Crippen molar-refractivity contribution >= 4 is 33.6 Å². The molecule has 0 aliphatic rings. The topological polar surface area (TPSA) is 71.3 Å². The number of nitrogens with zero attached hydrogens (tertiary/aromatic N) is 1. The maximum atomic E-state index is 12.6. The first-order chi connectivity index (χ1) is 13.5. The van der Waals surface area contributed by atoms with Crippen LogP contribution in [0.2, 0.25) is 0 Å². The first-order valence-corrected chi connectivity index (χ1v) is 9.93. The predicted molar refractivity (Wildman–Crippen MR) is 115 cm³/mol. The zero-order chi connectivity index (χ0) is 20.5. The van der Waals surface area contributed by atoms with Gasteiger partial charge in [0.1, 0.15) is 11.6 Å². The second-order valence-electron chi connectivity index (χ2n) is 5.83. The molecule has 0 fully saturated rings. The third-order valence-electron chi connectivity index (χ3n) is 3.94. The van der Waals surface area contributed by atoms with Crippen LogP contribution in [0.5, 0.6) is 11.5 Å². The Kier molecular flexibility index (Phi) is 8.09. The lowest BCUT2D eigenvalue weighted by Gasteiger charge is -2.14. The van der Waals surface area contributed by atoms with Gasteiger partial charge < -0.3 is 14.8 Å². The summed E-state index contributed by atoms with van der Waals surface area (Å²) in [4.78, 5) is 12.6. The van der Waals surface area contributed by atoms with Gasteiger partial charge in [-0.3, -0.25) is 4.79 Å². The minimum Gasteiger partial charge on any atom is -0.490 e. The lowest BCUT2D eigenvalue weighted by molar-refractivity contribution is -0.112. The van der Waals surface area contributed by atoms with E-state index in [4.69, 9.17) is 9.47 Å². The van der Waals surface area contributed by atoms with Gasteiger partial charge in [-0.05, 0) is 71.6 Å². The number of amides is 1. The number of hydrogen-bond acceptors (Lipinski definition) is 4. The van der Waals surface area contributed by atoms with Gasteiger partial charge in [-0.2, -0.15) is 5.26 Å². The Bertz CT molecular complexity index is 916. The first kappa shape index (κ1) is 21.5. The molecule has 5 nitrogen and oxygen atoms in total. The van der Waals surface area contributed by atoms with Crippen molar-refractivity contribution in [2.75, 3.05) is 18.5 Å². The molecule has 0 aliphatic carbocycles. The molecule has 2 aromatic rings. The van der Waals surface area contributed by atoms with Gasteiger partial charge in [-0.1, -0.05) is 25.1 Å². The Labute approximate surface area is 174 Å². The van der Waals surface area contributed by atoms with Gasteiger partial charge in [0.15, 0.2) is 11.5 Å². The van der Waals surface area contributed by atoms with Crippen molar-refractivity contribution in [2.45, 2.75) is 27.2 Å². The molecule has 0 saturated carbocycles. The zero-order valence-electron chi connectivity index (χ0n) is 16.2. The fourth-order valence-electron chi connectivity index (χ4n) is 2.67. The highest BCUT2D eigenvalue weighted by molar-refractivity contribution is 9.10. The van der Waals surface area contributed by atoms with Crippen LogP contribution in [0.1, 0.15) is 31.9 Å². The number of para-hydroxylation sites is 1. The van der Waals surface area contributed by atoms with E-state index in [1.807, 2.05) is 51.1 Å². The molecular weight excluding hydrogens is 420 g/mol. The Balaban J connectivity index is 2.35. The molecule has 0 atom stereocenters. The van der Waals surface area contributed by atoms with Gasteiger partial charge in [0.2, 0.25) is 0 Å². The van der Waals surface area contributed by atoms with E-state index in [0.29, 0.717) is 40.4 Å². The number of carbonyl (C=O) groups is 1. The molecule has 28 heavy (non-hydrogen) atoms. The van der Waals surface area contributed by atoms with Crippen molar-refractivity contribution in [3.8, 4) is 17.6 Å². The summed E-state index contributed by atoms with van der Waals surface area (Å²) in [6.07, 6.45) is 2.32. The molecule has 0 spiro atoms. The summed E-state index contributed by atoms with van der Waals surface area (Å²) >= 11 is 3.47. The monoisotopic (exact) mass is 442 g/mol. The molecule has 0 aromatic heterocycles. The van der Waals surface area contributed by atoms with E-state index in [1.54, 1.807) is 12.1 Å². The van der Waals surface area contributed by atoms with E-state index in [2.05, 4.69) is 21.2 Å². The van der Waals surface area contributed by atoms with Crippen molar-refractivity contribution < 1.29 is 14.3 Å². The first-order valence-electron chi connectivity index (χ1n) is 9.14. The minimum absolute atomic E-state index is 0.00409. The molecule has 2 rings (SSSR count). The smallest absolute Gasteiger partial charge is 0.266 e. The van der Waals surface area contributed by atoms with Crippen LogP contribution >= 0.6 is 15.9 Å². The molecule has 0 bridgehead atoms. The van der Waals surface area contributed by atoms with Gasteiger partial charge in [-0.25, -0.2) is 0 Å². The van der Waals surface area contributed by atoms with Crippen LogP contribution < -0.4 is 14.8 Å². The quantitative estimate of drug-likeness (QED) is 0.441. The molecule has 1 N–H and O–H groups in total. The van der Waals surface area contributed by atoms with Crippen molar-refractivity contribution in [3.05, 3.63) is 57.6 Å². The number of nitriles is 1. The average molecular weight is 443 g/mol. The SMILES string of the molecule is CCOc1cc(/C=C(\C#N)C(=O)Nc2ccccc2CC)cc(Br)c1OCC. The number of ether oxygens (including phenoxy) is 2. The van der Waals surface area contributed by atoms with Crippen molar-refractivity contribution in [3.63, 3.8) is 0 Å². The van der Waals surface area contributed by atoms with E-state index in [9.17, 15) is 10.1 Å². The molecule has 2 aromatic carbocycles. The van der Waals surface area contributed by atoms with Crippen LogP contribution in [0.15, 0.2) is 46.4 Å². The van der Waals surface area contributed by atoms with Crippen molar-refractivity contribution in [1.82, 2.24) is 0 Å². The maximum absolute atomic E-state index is 12.6. The van der Waals surface area contributed by atoms with Crippen LogP contribution in [0, 0.1) is 11.3 Å². The highest BCUT2D eigenvalue weighted by Crippen LogP contribution is 2.37. The van der Waals surface area contributed by atoms with Gasteiger partial charge in [-0.15, -0.1) is 0 Å². The standard InChI is InChI=1S/C22H23BrN2O3/c1-4-16-9-7-8-10-19(16)25-22(26)17(14-24)11-15-12-18(23)21(28-6-3)20(13-15)27-5-2/h7-13H,4-6H2,1-3H3,(H,25,26)/b17-11+. The third-order valence-corrected chi connectivity index (χ3v) is 4.53. The summed E-state index contributed by atoms with van der Waals surface area (Å²) in [5.74, 6) is 0.701. The summed E-state index contributed by atoms with van der Waals surface area (Å²) in [6, 6.07) is 13.1. The Morgan fingerprint density at radius 3 is 2.54 bits per heavy atom.